The zero-order valence-corrected chi connectivity index (χ0v) is 24.8. The van der Waals surface area contributed by atoms with Crippen LogP contribution < -0.4 is 14.8 Å². The molecule has 41 heavy (non-hydrogen) atoms. The normalized spacial score (nSPS) is 22.1. The van der Waals surface area contributed by atoms with Crippen LogP contribution in [0.15, 0.2) is 42.5 Å². The first-order valence-electron chi connectivity index (χ1n) is 14.7. The van der Waals surface area contributed by atoms with Crippen LogP contribution in [-0.4, -0.2) is 51.5 Å². The number of benzene rings is 1. The lowest BCUT2D eigenvalue weighted by Gasteiger charge is -2.19. The van der Waals surface area contributed by atoms with Gasteiger partial charge in [-0.05, 0) is 56.2 Å². The summed E-state index contributed by atoms with van der Waals surface area (Å²) in [4.78, 5) is 35.3. The smallest absolute Gasteiger partial charge is 0.308 e. The van der Waals surface area contributed by atoms with Crippen molar-refractivity contribution in [3.63, 3.8) is 0 Å². The Hall–Kier alpha value is -3.01. The van der Waals surface area contributed by atoms with Crippen LogP contribution in [-0.2, 0) is 14.4 Å². The molecular weight excluding hydrogens is 526 g/mol. The number of ether oxygens (including phenoxy) is 2. The number of nitrogens with one attached hydrogen (secondary N) is 1. The van der Waals surface area contributed by atoms with Crippen molar-refractivity contribution in [3.8, 4) is 11.5 Å². The highest BCUT2D eigenvalue weighted by atomic mass is 16.6. The van der Waals surface area contributed by atoms with Crippen LogP contribution in [0.5, 0.6) is 11.5 Å². The van der Waals surface area contributed by atoms with Gasteiger partial charge in [-0.25, -0.2) is 0 Å². The molecule has 0 bridgehead atoms. The molecule has 1 amide bonds. The van der Waals surface area contributed by atoms with Crippen molar-refractivity contribution in [1.29, 1.82) is 0 Å². The molecule has 2 unspecified atom stereocenters. The van der Waals surface area contributed by atoms with Gasteiger partial charge in [0.25, 0.3) is 0 Å². The molecule has 9 heteroatoms. The number of esters is 2. The first-order valence-corrected chi connectivity index (χ1v) is 14.7. The summed E-state index contributed by atoms with van der Waals surface area (Å²) in [7, 11) is 0. The van der Waals surface area contributed by atoms with E-state index in [1.54, 1.807) is 18.2 Å². The third-order valence-corrected chi connectivity index (χ3v) is 7.28. The maximum atomic E-state index is 12.5. The van der Waals surface area contributed by atoms with Gasteiger partial charge < -0.3 is 30.1 Å². The first-order chi connectivity index (χ1) is 19.5. The highest BCUT2D eigenvalue weighted by Gasteiger charge is 2.39. The van der Waals surface area contributed by atoms with Crippen molar-refractivity contribution in [3.05, 3.63) is 48.1 Å². The standard InChI is InChI=1S/C32H47NO8/c1-5-6-9-12-25(36)16-17-27-26(28(37)20-29(27)38)13-10-7-8-11-14-32(39)33-21(2)24-15-18-30(40-22(3)34)31(19-24)41-23(4)35/h7,10,15-19,21,25-29,36-38H,5-6,8-9,11-14,20H2,1-4H3,(H,33,39)/t21?,25?,26-,27-,28+,29-/m1/s1. The molecule has 1 saturated carbocycles. The third-order valence-electron chi connectivity index (χ3n) is 7.28. The lowest BCUT2D eigenvalue weighted by atomic mass is 9.89. The summed E-state index contributed by atoms with van der Waals surface area (Å²) in [5.41, 5.74) is 0.694. The molecule has 6 atom stereocenters. The number of hydrogen-bond donors (Lipinski definition) is 4. The van der Waals surface area contributed by atoms with Gasteiger partial charge in [-0.1, -0.05) is 56.6 Å². The van der Waals surface area contributed by atoms with Crippen molar-refractivity contribution in [2.75, 3.05) is 0 Å². The minimum Gasteiger partial charge on any atom is -0.423 e. The van der Waals surface area contributed by atoms with Crippen LogP contribution in [0.25, 0.3) is 0 Å². The molecule has 228 valence electrons. The van der Waals surface area contributed by atoms with Gasteiger partial charge in [0, 0.05) is 32.6 Å². The summed E-state index contributed by atoms with van der Waals surface area (Å²) >= 11 is 0. The Morgan fingerprint density at radius 3 is 2.41 bits per heavy atom. The Morgan fingerprint density at radius 1 is 1.02 bits per heavy atom. The molecule has 1 fully saturated rings. The Balaban J connectivity index is 1.80. The number of allylic oxidation sites excluding steroid dienone is 2. The molecule has 0 aliphatic heterocycles. The maximum Gasteiger partial charge on any atom is 0.308 e. The van der Waals surface area contributed by atoms with Crippen LogP contribution in [0, 0.1) is 11.8 Å². The number of carbonyl (C=O) groups excluding carboxylic acids is 3. The number of carbonyl (C=O) groups is 3. The number of hydrogen-bond acceptors (Lipinski definition) is 8. The molecule has 1 aliphatic rings. The van der Waals surface area contributed by atoms with Crippen LogP contribution in [0.2, 0.25) is 0 Å². The number of aliphatic hydroxyl groups is 3. The fraction of sp³-hybridized carbons (Fsp3) is 0.594. The summed E-state index contributed by atoms with van der Waals surface area (Å²) in [6, 6.07) is 4.43. The minimum atomic E-state index is -0.629. The Labute approximate surface area is 243 Å². The molecule has 9 nitrogen and oxygen atoms in total. The summed E-state index contributed by atoms with van der Waals surface area (Å²) < 4.78 is 10.2. The van der Waals surface area contributed by atoms with E-state index in [0.717, 1.165) is 19.3 Å². The fourth-order valence-corrected chi connectivity index (χ4v) is 5.08. The summed E-state index contributed by atoms with van der Waals surface area (Å²) in [6.07, 6.45) is 12.3. The molecule has 0 radical (unpaired) electrons. The van der Waals surface area contributed by atoms with Gasteiger partial charge in [0.2, 0.25) is 5.91 Å². The fourth-order valence-electron chi connectivity index (χ4n) is 5.08. The second-order valence-corrected chi connectivity index (χ2v) is 10.8. The Bertz CT molecular complexity index is 1050. The van der Waals surface area contributed by atoms with Crippen LogP contribution in [0.1, 0.15) is 97.1 Å². The average molecular weight is 574 g/mol. The van der Waals surface area contributed by atoms with Crippen molar-refractivity contribution in [1.82, 2.24) is 5.32 Å². The SMILES string of the molecule is CCCCCC(O)C=C[C@@H]1[C@@H](CC=CCCCC(=O)NC(C)c2ccc(OC(C)=O)c(OC(C)=O)c2)[C@@H](O)C[C@H]1O. The maximum absolute atomic E-state index is 12.5. The van der Waals surface area contributed by atoms with Gasteiger partial charge in [-0.2, -0.15) is 0 Å². The van der Waals surface area contributed by atoms with E-state index in [9.17, 15) is 29.7 Å². The molecule has 0 spiro atoms. The van der Waals surface area contributed by atoms with E-state index in [4.69, 9.17) is 9.47 Å². The van der Waals surface area contributed by atoms with E-state index in [1.165, 1.54) is 19.9 Å². The van der Waals surface area contributed by atoms with Crippen LogP contribution in [0.4, 0.5) is 0 Å². The van der Waals surface area contributed by atoms with Gasteiger partial charge >= 0.3 is 11.9 Å². The Morgan fingerprint density at radius 2 is 1.73 bits per heavy atom. The van der Waals surface area contributed by atoms with Gasteiger partial charge in [-0.15, -0.1) is 0 Å². The highest BCUT2D eigenvalue weighted by molar-refractivity contribution is 5.76. The van der Waals surface area contributed by atoms with Gasteiger partial charge in [0.15, 0.2) is 11.5 Å². The quantitative estimate of drug-likeness (QED) is 0.0966. The van der Waals surface area contributed by atoms with E-state index >= 15 is 0 Å². The van der Waals surface area contributed by atoms with Crippen molar-refractivity contribution in [2.45, 2.75) is 110 Å². The van der Waals surface area contributed by atoms with Crippen LogP contribution in [0.3, 0.4) is 0 Å². The van der Waals surface area contributed by atoms with Gasteiger partial charge in [0.05, 0.1) is 24.4 Å². The van der Waals surface area contributed by atoms with Gasteiger partial charge in [-0.3, -0.25) is 14.4 Å². The third kappa shape index (κ3) is 12.2. The van der Waals surface area contributed by atoms with E-state index in [2.05, 4.69) is 12.2 Å². The lowest BCUT2D eigenvalue weighted by Crippen LogP contribution is -2.26. The van der Waals surface area contributed by atoms with Crippen molar-refractivity contribution in [2.24, 2.45) is 11.8 Å². The molecule has 0 aromatic heterocycles. The van der Waals surface area contributed by atoms with E-state index < -0.39 is 30.3 Å². The van der Waals surface area contributed by atoms with E-state index in [-0.39, 0.29) is 35.3 Å². The summed E-state index contributed by atoms with van der Waals surface area (Å²) in [5.74, 6) is -1.30. The summed E-state index contributed by atoms with van der Waals surface area (Å²) in [6.45, 7) is 6.43. The Kier molecular flexibility index (Phi) is 14.8. The lowest BCUT2D eigenvalue weighted by molar-refractivity contribution is -0.134. The number of amides is 1. The van der Waals surface area contributed by atoms with Crippen molar-refractivity contribution >= 4 is 17.8 Å². The van der Waals surface area contributed by atoms with E-state index in [1.807, 2.05) is 25.2 Å². The van der Waals surface area contributed by atoms with Gasteiger partial charge in [0.1, 0.15) is 0 Å². The monoisotopic (exact) mass is 573 g/mol. The van der Waals surface area contributed by atoms with Crippen LogP contribution >= 0.6 is 0 Å². The van der Waals surface area contributed by atoms with E-state index in [0.29, 0.717) is 44.1 Å². The number of unbranched alkanes of at least 4 members (excludes halogenated alkanes) is 3. The highest BCUT2D eigenvalue weighted by Crippen LogP contribution is 2.36. The zero-order valence-electron chi connectivity index (χ0n) is 24.8. The first kappa shape index (κ1) is 34.2. The number of rotatable bonds is 16. The number of aliphatic hydroxyl groups excluding tert-OH is 3. The molecular formula is C32H47NO8. The molecule has 1 aromatic rings. The largest absolute Gasteiger partial charge is 0.423 e. The molecule has 1 aromatic carbocycles. The minimum absolute atomic E-state index is 0.109. The topological polar surface area (TPSA) is 142 Å². The molecule has 1 aliphatic carbocycles. The zero-order chi connectivity index (χ0) is 30.4. The summed E-state index contributed by atoms with van der Waals surface area (Å²) in [5, 5.41) is 34.0. The molecule has 0 heterocycles. The molecule has 4 N–H and O–H groups in total. The average Bonchev–Trinajstić information content (AvgIpc) is 3.16. The predicted octanol–water partition coefficient (Wildman–Crippen LogP) is 4.69. The predicted molar refractivity (Wildman–Crippen MR) is 156 cm³/mol. The molecule has 0 saturated heterocycles. The second-order valence-electron chi connectivity index (χ2n) is 10.8. The molecule has 2 rings (SSSR count). The second kappa shape index (κ2) is 17.7. The van der Waals surface area contributed by atoms with Crippen molar-refractivity contribution < 1.29 is 39.2 Å².